The van der Waals surface area contributed by atoms with E-state index in [2.05, 4.69) is 15.4 Å². The predicted octanol–water partition coefficient (Wildman–Crippen LogP) is 4.66. The molecule has 1 fully saturated rings. The number of benzene rings is 1. The topological polar surface area (TPSA) is 103 Å². The fourth-order valence-corrected chi connectivity index (χ4v) is 6.39. The van der Waals surface area contributed by atoms with Crippen molar-refractivity contribution >= 4 is 34.6 Å². The van der Waals surface area contributed by atoms with Crippen LogP contribution in [-0.4, -0.2) is 67.2 Å². The minimum atomic E-state index is -0.571. The molecule has 3 aromatic heterocycles. The predicted molar refractivity (Wildman–Crippen MR) is 146 cm³/mol. The number of anilines is 1. The van der Waals surface area contributed by atoms with E-state index < -0.39 is 18.0 Å². The Morgan fingerprint density at radius 2 is 2.02 bits per heavy atom. The molecule has 0 radical (unpaired) electrons. The highest BCUT2D eigenvalue weighted by atomic mass is 32.1. The van der Waals surface area contributed by atoms with E-state index in [0.29, 0.717) is 49.4 Å². The van der Waals surface area contributed by atoms with Gasteiger partial charge in [0, 0.05) is 35.8 Å². The summed E-state index contributed by atoms with van der Waals surface area (Å²) in [5.41, 5.74) is 3.24. The van der Waals surface area contributed by atoms with E-state index in [4.69, 9.17) is 0 Å². The molecule has 0 aliphatic carbocycles. The first-order valence-electron chi connectivity index (χ1n) is 13.2. The molecule has 40 heavy (non-hydrogen) atoms. The molecule has 0 spiro atoms. The van der Waals surface area contributed by atoms with Crippen molar-refractivity contribution in [2.45, 2.75) is 45.3 Å². The van der Waals surface area contributed by atoms with Crippen molar-refractivity contribution in [1.29, 1.82) is 0 Å². The molecule has 12 heteroatoms. The third-order valence-corrected chi connectivity index (χ3v) is 8.62. The number of β-amino-alcohol motifs (C(OH)–C–C–N with tert-alkyl or cyclic N) is 1. The van der Waals surface area contributed by atoms with Crippen LogP contribution in [0.3, 0.4) is 0 Å². The number of aliphatic hydroxyl groups excluding tert-OH is 1. The zero-order valence-electron chi connectivity index (χ0n) is 22.0. The van der Waals surface area contributed by atoms with E-state index >= 15 is 4.39 Å². The molecule has 6 rings (SSSR count). The van der Waals surface area contributed by atoms with E-state index in [1.165, 1.54) is 27.6 Å². The number of carbonyl (C=O) groups excluding carboxylic acids is 2. The van der Waals surface area contributed by atoms with Crippen LogP contribution in [0.4, 0.5) is 19.3 Å². The maximum atomic E-state index is 15.2. The first-order chi connectivity index (χ1) is 19.2. The lowest BCUT2D eigenvalue weighted by Crippen LogP contribution is -2.38. The first kappa shape index (κ1) is 26.3. The molecule has 0 saturated carbocycles. The molecule has 1 aromatic carbocycles. The molecule has 2 N–H and O–H groups in total. The fraction of sp³-hybridized carbons (Fsp3) is 0.357. The molecule has 4 aromatic rings. The number of thiophene rings is 1. The van der Waals surface area contributed by atoms with Crippen LogP contribution in [0, 0.1) is 10.9 Å². The quantitative estimate of drug-likeness (QED) is 0.374. The molecule has 5 heterocycles. The fourth-order valence-electron chi connectivity index (χ4n) is 5.43. The molecule has 0 bridgehead atoms. The van der Waals surface area contributed by atoms with Gasteiger partial charge in [-0.2, -0.15) is 9.49 Å². The smallest absolute Gasteiger partial charge is 0.321 e. The van der Waals surface area contributed by atoms with Crippen molar-refractivity contribution < 1.29 is 23.5 Å². The van der Waals surface area contributed by atoms with Crippen LogP contribution < -0.4 is 5.32 Å². The van der Waals surface area contributed by atoms with Gasteiger partial charge in [0.15, 0.2) is 10.8 Å². The second kappa shape index (κ2) is 10.3. The lowest BCUT2D eigenvalue weighted by molar-refractivity contribution is 0.0671. The van der Waals surface area contributed by atoms with Gasteiger partial charge in [-0.25, -0.2) is 18.7 Å². The van der Waals surface area contributed by atoms with Crippen LogP contribution in [0.15, 0.2) is 36.5 Å². The Balaban J connectivity index is 1.26. The van der Waals surface area contributed by atoms with Gasteiger partial charge in [-0.05, 0) is 67.6 Å². The SMILES string of the molecule is CCc1cc(C(=O)N2CCc3sc(F)cc3[C@H]2C)nn2cc(-c3ccc(NC(=O)N4CC[C@@H](O)C4)cc3F)nc12. The molecule has 9 nitrogen and oxygen atoms in total. The van der Waals surface area contributed by atoms with Crippen LogP contribution in [0.1, 0.15) is 52.8 Å². The summed E-state index contributed by atoms with van der Waals surface area (Å²) < 4.78 is 30.5. The Labute approximate surface area is 233 Å². The summed E-state index contributed by atoms with van der Waals surface area (Å²) >= 11 is 1.13. The Morgan fingerprint density at radius 1 is 1.20 bits per heavy atom. The van der Waals surface area contributed by atoms with Crippen molar-refractivity contribution in [3.8, 4) is 11.3 Å². The average molecular weight is 567 g/mol. The number of amides is 3. The van der Waals surface area contributed by atoms with Crippen LogP contribution in [0.5, 0.6) is 0 Å². The Kier molecular flexibility index (Phi) is 6.75. The zero-order chi connectivity index (χ0) is 28.1. The van der Waals surface area contributed by atoms with Gasteiger partial charge < -0.3 is 20.2 Å². The summed E-state index contributed by atoms with van der Waals surface area (Å²) in [5, 5.41) is 16.6. The second-order valence-electron chi connectivity index (χ2n) is 10.2. The number of nitrogens with zero attached hydrogens (tertiary/aromatic N) is 5. The van der Waals surface area contributed by atoms with Gasteiger partial charge in [0.2, 0.25) is 0 Å². The number of fused-ring (bicyclic) bond motifs is 2. The number of hydrogen-bond acceptors (Lipinski definition) is 6. The van der Waals surface area contributed by atoms with Gasteiger partial charge in [0.1, 0.15) is 11.5 Å². The summed E-state index contributed by atoms with van der Waals surface area (Å²) in [7, 11) is 0. The zero-order valence-corrected chi connectivity index (χ0v) is 22.8. The number of carbonyl (C=O) groups is 2. The lowest BCUT2D eigenvalue weighted by atomic mass is 10.0. The van der Waals surface area contributed by atoms with Crippen LogP contribution in [0.2, 0.25) is 0 Å². The van der Waals surface area contributed by atoms with Crippen molar-refractivity contribution in [3.05, 3.63) is 69.2 Å². The Hall–Kier alpha value is -3.90. The van der Waals surface area contributed by atoms with E-state index in [0.717, 1.165) is 27.3 Å². The molecule has 1 saturated heterocycles. The highest BCUT2D eigenvalue weighted by Crippen LogP contribution is 2.35. The number of aromatic nitrogens is 3. The molecule has 2 atom stereocenters. The van der Waals surface area contributed by atoms with Gasteiger partial charge in [0.05, 0.1) is 24.0 Å². The first-order valence-corrected chi connectivity index (χ1v) is 14.1. The Bertz CT molecular complexity index is 1640. The van der Waals surface area contributed by atoms with Crippen LogP contribution >= 0.6 is 11.3 Å². The second-order valence-corrected chi connectivity index (χ2v) is 11.3. The number of imidazole rings is 1. The summed E-state index contributed by atoms with van der Waals surface area (Å²) in [6.45, 7) is 4.99. The number of rotatable bonds is 4. The van der Waals surface area contributed by atoms with Crippen LogP contribution in [0.25, 0.3) is 16.9 Å². The molecular weight excluding hydrogens is 538 g/mol. The highest BCUT2D eigenvalue weighted by molar-refractivity contribution is 7.10. The number of likely N-dealkylation sites (tertiary alicyclic amines) is 1. The number of aliphatic hydroxyl groups is 1. The van der Waals surface area contributed by atoms with Crippen LogP contribution in [-0.2, 0) is 12.8 Å². The van der Waals surface area contributed by atoms with E-state index in [-0.39, 0.29) is 34.9 Å². The van der Waals surface area contributed by atoms with E-state index in [9.17, 15) is 19.1 Å². The third-order valence-electron chi connectivity index (χ3n) is 7.62. The number of hydrogen-bond donors (Lipinski definition) is 2. The summed E-state index contributed by atoms with van der Waals surface area (Å²) in [5.74, 6) is -0.827. The monoisotopic (exact) mass is 566 g/mol. The Morgan fingerprint density at radius 3 is 2.75 bits per heavy atom. The maximum Gasteiger partial charge on any atom is 0.321 e. The number of nitrogens with one attached hydrogen (secondary N) is 1. The molecule has 2 aliphatic heterocycles. The van der Waals surface area contributed by atoms with E-state index in [1.807, 2.05) is 13.8 Å². The van der Waals surface area contributed by atoms with Crippen molar-refractivity contribution in [2.75, 3.05) is 25.0 Å². The van der Waals surface area contributed by atoms with Gasteiger partial charge in [-0.1, -0.05) is 6.92 Å². The van der Waals surface area contributed by atoms with Gasteiger partial charge >= 0.3 is 6.03 Å². The highest BCUT2D eigenvalue weighted by Gasteiger charge is 2.31. The average Bonchev–Trinajstić information content (AvgIpc) is 3.65. The third kappa shape index (κ3) is 4.71. The molecule has 2 aliphatic rings. The van der Waals surface area contributed by atoms with Gasteiger partial charge in [-0.15, -0.1) is 11.3 Å². The van der Waals surface area contributed by atoms with Gasteiger partial charge in [-0.3, -0.25) is 4.79 Å². The number of halogens is 2. The minimum absolute atomic E-state index is 0.228. The normalized spacial score (nSPS) is 18.8. The lowest BCUT2D eigenvalue weighted by Gasteiger charge is -2.33. The maximum absolute atomic E-state index is 15.2. The standard InChI is InChI=1S/C28H28F2N6O3S/c1-3-16-10-22(27(38)35-9-7-24-20(15(35)2)12-25(30)40-24)33-36-14-23(32-26(16)36)19-5-4-17(11-21(19)29)31-28(39)34-8-6-18(37)13-34/h4-5,10-12,14-15,18,37H,3,6-9,13H2,1-2H3,(H,31,39)/t15-,18-/m1/s1. The molecule has 3 amide bonds. The summed E-state index contributed by atoms with van der Waals surface area (Å²) in [6.07, 6.45) is 2.73. The van der Waals surface area contributed by atoms with Crippen molar-refractivity contribution in [3.63, 3.8) is 0 Å². The van der Waals surface area contributed by atoms with E-state index in [1.54, 1.807) is 23.2 Å². The summed E-state index contributed by atoms with van der Waals surface area (Å²) in [4.78, 5) is 34.7. The van der Waals surface area contributed by atoms with Gasteiger partial charge in [0.25, 0.3) is 5.91 Å². The minimum Gasteiger partial charge on any atom is -0.391 e. The number of aryl methyl sites for hydroxylation is 1. The van der Waals surface area contributed by atoms with Crippen molar-refractivity contribution in [2.24, 2.45) is 0 Å². The molecule has 0 unspecified atom stereocenters. The molecular formula is C28H28F2N6O3S. The largest absolute Gasteiger partial charge is 0.391 e. The molecule has 208 valence electrons. The summed E-state index contributed by atoms with van der Waals surface area (Å²) in [6, 6.07) is 6.91. The van der Waals surface area contributed by atoms with Crippen molar-refractivity contribution in [1.82, 2.24) is 24.4 Å². The number of urea groups is 1.